The van der Waals surface area contributed by atoms with Crippen LogP contribution in [0.2, 0.25) is 0 Å². The van der Waals surface area contributed by atoms with Crippen molar-refractivity contribution < 1.29 is 0 Å². The molecule has 0 aromatic carbocycles. The van der Waals surface area contributed by atoms with Crippen LogP contribution in [-0.2, 0) is 0 Å². The second kappa shape index (κ2) is 5.61. The average molecular weight is 184 g/mol. The minimum Gasteiger partial charge on any atom is -0.314 e. The summed E-state index contributed by atoms with van der Waals surface area (Å²) in [6, 6.07) is 1.61. The third kappa shape index (κ3) is 4.63. The van der Waals surface area contributed by atoms with Crippen LogP contribution in [0.1, 0.15) is 39.5 Å². The molecule has 0 heterocycles. The van der Waals surface area contributed by atoms with Gasteiger partial charge >= 0.3 is 0 Å². The quantitative estimate of drug-likeness (QED) is 0.608. The average Bonchev–Trinajstić information content (AvgIpc) is 2.94. The van der Waals surface area contributed by atoms with Gasteiger partial charge in [0.25, 0.3) is 0 Å². The molecule has 0 aromatic heterocycles. The van der Waals surface area contributed by atoms with Gasteiger partial charge in [-0.2, -0.15) is 0 Å². The fourth-order valence-corrected chi connectivity index (χ4v) is 1.45. The molecule has 1 saturated carbocycles. The van der Waals surface area contributed by atoms with Crippen molar-refractivity contribution in [2.75, 3.05) is 20.1 Å². The maximum Gasteiger partial charge on any atom is 0.00682 e. The Morgan fingerprint density at radius 2 is 2.15 bits per heavy atom. The molecular formula is C11H24N2. The lowest BCUT2D eigenvalue weighted by molar-refractivity contribution is 0.248. The number of hydrogen-bond acceptors (Lipinski definition) is 2. The molecule has 0 saturated heterocycles. The lowest BCUT2D eigenvalue weighted by atomic mass is 10.2. The molecule has 0 spiro atoms. The van der Waals surface area contributed by atoms with Gasteiger partial charge < -0.3 is 10.2 Å². The molecule has 0 bridgehead atoms. The van der Waals surface area contributed by atoms with Crippen LogP contribution in [0.15, 0.2) is 0 Å². The summed E-state index contributed by atoms with van der Waals surface area (Å²) in [6.45, 7) is 6.98. The Labute approximate surface area is 82.7 Å². The van der Waals surface area contributed by atoms with E-state index in [0.29, 0.717) is 0 Å². The molecule has 2 nitrogen and oxygen atoms in total. The lowest BCUT2D eigenvalue weighted by Gasteiger charge is -2.23. The van der Waals surface area contributed by atoms with Crippen LogP contribution in [0.25, 0.3) is 0 Å². The highest BCUT2D eigenvalue weighted by Crippen LogP contribution is 2.18. The predicted molar refractivity (Wildman–Crippen MR) is 58.0 cm³/mol. The van der Waals surface area contributed by atoms with E-state index in [1.807, 2.05) is 0 Å². The minimum atomic E-state index is 0.737. The Morgan fingerprint density at radius 3 is 2.69 bits per heavy atom. The Hall–Kier alpha value is -0.0800. The van der Waals surface area contributed by atoms with Crippen LogP contribution in [0.5, 0.6) is 0 Å². The van der Waals surface area contributed by atoms with Gasteiger partial charge in [-0.05, 0) is 52.7 Å². The first-order valence-corrected chi connectivity index (χ1v) is 5.67. The van der Waals surface area contributed by atoms with Crippen molar-refractivity contribution in [1.82, 2.24) is 10.2 Å². The van der Waals surface area contributed by atoms with Crippen molar-refractivity contribution in [3.63, 3.8) is 0 Å². The number of hydrogen-bond donors (Lipinski definition) is 1. The molecule has 1 atom stereocenters. The Balaban J connectivity index is 1.90. The van der Waals surface area contributed by atoms with E-state index in [1.54, 1.807) is 0 Å². The summed E-state index contributed by atoms with van der Waals surface area (Å²) in [4.78, 5) is 2.45. The van der Waals surface area contributed by atoms with Crippen LogP contribution in [0, 0.1) is 0 Å². The van der Waals surface area contributed by atoms with Crippen molar-refractivity contribution in [3.05, 3.63) is 0 Å². The van der Waals surface area contributed by atoms with Crippen LogP contribution in [0.4, 0.5) is 0 Å². The van der Waals surface area contributed by atoms with Crippen LogP contribution < -0.4 is 5.32 Å². The third-order valence-electron chi connectivity index (χ3n) is 3.04. The van der Waals surface area contributed by atoms with Gasteiger partial charge in [0.2, 0.25) is 0 Å². The van der Waals surface area contributed by atoms with Crippen LogP contribution >= 0.6 is 0 Å². The molecule has 78 valence electrons. The van der Waals surface area contributed by atoms with Crippen LogP contribution in [0.3, 0.4) is 0 Å². The number of nitrogens with one attached hydrogen (secondary N) is 1. The van der Waals surface area contributed by atoms with E-state index >= 15 is 0 Å². The molecule has 13 heavy (non-hydrogen) atoms. The van der Waals surface area contributed by atoms with Gasteiger partial charge in [-0.25, -0.2) is 0 Å². The van der Waals surface area contributed by atoms with Crippen molar-refractivity contribution in [2.45, 2.75) is 51.6 Å². The van der Waals surface area contributed by atoms with E-state index in [2.05, 4.69) is 31.1 Å². The van der Waals surface area contributed by atoms with E-state index < -0.39 is 0 Å². The van der Waals surface area contributed by atoms with E-state index in [-0.39, 0.29) is 0 Å². The zero-order valence-corrected chi connectivity index (χ0v) is 9.34. The molecule has 0 amide bonds. The number of nitrogens with zero attached hydrogens (tertiary/aromatic N) is 1. The molecule has 1 aliphatic carbocycles. The van der Waals surface area contributed by atoms with Gasteiger partial charge in [0.05, 0.1) is 0 Å². The second-order valence-electron chi connectivity index (χ2n) is 4.32. The van der Waals surface area contributed by atoms with Gasteiger partial charge in [0.1, 0.15) is 0 Å². The molecule has 0 aromatic rings. The minimum absolute atomic E-state index is 0.737. The molecule has 1 N–H and O–H groups in total. The molecule has 1 fully saturated rings. The predicted octanol–water partition coefficient (Wildman–Crippen LogP) is 1.86. The second-order valence-corrected chi connectivity index (χ2v) is 4.32. The third-order valence-corrected chi connectivity index (χ3v) is 3.04. The Bertz CT molecular complexity index is 132. The number of rotatable bonds is 7. The van der Waals surface area contributed by atoms with Crippen molar-refractivity contribution in [2.24, 2.45) is 0 Å². The van der Waals surface area contributed by atoms with E-state index in [4.69, 9.17) is 0 Å². The zero-order valence-electron chi connectivity index (χ0n) is 9.34. The summed E-state index contributed by atoms with van der Waals surface area (Å²) in [7, 11) is 2.23. The first kappa shape index (κ1) is 11.0. The summed E-state index contributed by atoms with van der Waals surface area (Å²) in [5.74, 6) is 0. The molecular weight excluding hydrogens is 160 g/mol. The Morgan fingerprint density at radius 1 is 1.46 bits per heavy atom. The fraction of sp³-hybridized carbons (Fsp3) is 1.00. The molecule has 0 aliphatic heterocycles. The van der Waals surface area contributed by atoms with Gasteiger partial charge in [0.15, 0.2) is 0 Å². The Kier molecular flexibility index (Phi) is 4.74. The van der Waals surface area contributed by atoms with Crippen molar-refractivity contribution in [1.29, 1.82) is 0 Å². The lowest BCUT2D eigenvalue weighted by Crippen LogP contribution is -2.31. The first-order valence-electron chi connectivity index (χ1n) is 5.67. The van der Waals surface area contributed by atoms with Gasteiger partial charge in [-0.15, -0.1) is 0 Å². The molecule has 0 radical (unpaired) electrons. The molecule has 2 heteroatoms. The standard InChI is InChI=1S/C11H24N2/c1-4-10(2)13(3)9-5-8-12-11-6-7-11/h10-12H,4-9H2,1-3H3. The monoisotopic (exact) mass is 184 g/mol. The maximum atomic E-state index is 3.54. The summed E-state index contributed by atoms with van der Waals surface area (Å²) < 4.78 is 0. The highest BCUT2D eigenvalue weighted by Gasteiger charge is 2.19. The summed E-state index contributed by atoms with van der Waals surface area (Å²) in [5, 5.41) is 3.54. The maximum absolute atomic E-state index is 3.54. The first-order chi connectivity index (χ1) is 6.24. The van der Waals surface area contributed by atoms with E-state index in [0.717, 1.165) is 12.1 Å². The zero-order chi connectivity index (χ0) is 9.68. The highest BCUT2D eigenvalue weighted by molar-refractivity contribution is 4.80. The van der Waals surface area contributed by atoms with E-state index in [9.17, 15) is 0 Å². The largest absolute Gasteiger partial charge is 0.314 e. The van der Waals surface area contributed by atoms with Crippen LogP contribution in [-0.4, -0.2) is 37.1 Å². The highest BCUT2D eigenvalue weighted by atomic mass is 15.1. The molecule has 1 rings (SSSR count). The molecule has 1 aliphatic rings. The smallest absolute Gasteiger partial charge is 0.00682 e. The summed E-state index contributed by atoms with van der Waals surface area (Å²) >= 11 is 0. The van der Waals surface area contributed by atoms with Gasteiger partial charge in [0, 0.05) is 12.1 Å². The summed E-state index contributed by atoms with van der Waals surface area (Å²) in [6.07, 6.45) is 5.35. The van der Waals surface area contributed by atoms with Gasteiger partial charge in [-0.1, -0.05) is 6.92 Å². The summed E-state index contributed by atoms with van der Waals surface area (Å²) in [5.41, 5.74) is 0. The molecule has 1 unspecified atom stereocenters. The van der Waals surface area contributed by atoms with Gasteiger partial charge in [-0.3, -0.25) is 0 Å². The van der Waals surface area contributed by atoms with Crippen molar-refractivity contribution in [3.8, 4) is 0 Å². The SMILES string of the molecule is CCC(C)N(C)CCCNC1CC1. The van der Waals surface area contributed by atoms with E-state index in [1.165, 1.54) is 38.8 Å². The fourth-order valence-electron chi connectivity index (χ4n) is 1.45. The normalized spacial score (nSPS) is 19.4. The topological polar surface area (TPSA) is 15.3 Å². The van der Waals surface area contributed by atoms with Crippen molar-refractivity contribution >= 4 is 0 Å².